The van der Waals surface area contributed by atoms with Crippen LogP contribution in [-0.4, -0.2) is 52.0 Å². The third-order valence-electron chi connectivity index (χ3n) is 6.89. The van der Waals surface area contributed by atoms with Crippen LogP contribution in [0.25, 0.3) is 22.2 Å². The van der Waals surface area contributed by atoms with Crippen LogP contribution in [0.15, 0.2) is 48.8 Å². The van der Waals surface area contributed by atoms with Crippen LogP contribution in [0.2, 0.25) is 0 Å². The van der Waals surface area contributed by atoms with Gasteiger partial charge in [-0.1, -0.05) is 20.8 Å². The van der Waals surface area contributed by atoms with E-state index in [2.05, 4.69) is 25.3 Å². The number of halogens is 6. The predicted octanol–water partition coefficient (Wildman–Crippen LogP) is 6.37. The first-order chi connectivity index (χ1) is 19.6. The molecule has 2 N–H and O–H groups in total. The molecule has 0 radical (unpaired) electrons. The SMILES string of the molecule is CC(C)(C)C(=O)Nc1ncccc1-c1cc(C(F)(F)F)cc2nc(N3CCN(c4ncccc4C(F)(F)F)CC3)[nH]c12. The summed E-state index contributed by atoms with van der Waals surface area (Å²) in [5.74, 6) is -0.173. The first-order valence-corrected chi connectivity index (χ1v) is 13.0. The van der Waals surface area contributed by atoms with Crippen molar-refractivity contribution in [2.75, 3.05) is 41.3 Å². The summed E-state index contributed by atoms with van der Waals surface area (Å²) in [6.45, 7) is 5.96. The van der Waals surface area contributed by atoms with Gasteiger partial charge in [-0.25, -0.2) is 15.0 Å². The summed E-state index contributed by atoms with van der Waals surface area (Å²) in [4.78, 5) is 31.7. The minimum Gasteiger partial charge on any atom is -0.353 e. The van der Waals surface area contributed by atoms with Gasteiger partial charge in [0.1, 0.15) is 11.6 Å². The van der Waals surface area contributed by atoms with Crippen LogP contribution in [0.1, 0.15) is 31.9 Å². The predicted molar refractivity (Wildman–Crippen MR) is 146 cm³/mol. The molecule has 222 valence electrons. The van der Waals surface area contributed by atoms with E-state index in [1.807, 2.05) is 0 Å². The second-order valence-corrected chi connectivity index (χ2v) is 10.9. The molecule has 5 rings (SSSR count). The van der Waals surface area contributed by atoms with Crippen molar-refractivity contribution in [2.45, 2.75) is 33.1 Å². The number of nitrogens with one attached hydrogen (secondary N) is 2. The summed E-state index contributed by atoms with van der Waals surface area (Å²) >= 11 is 0. The molecule has 0 spiro atoms. The Hall–Kier alpha value is -4.36. The molecule has 8 nitrogen and oxygen atoms in total. The van der Waals surface area contributed by atoms with Crippen molar-refractivity contribution in [1.82, 2.24) is 19.9 Å². The van der Waals surface area contributed by atoms with Gasteiger partial charge in [-0.05, 0) is 36.4 Å². The van der Waals surface area contributed by atoms with E-state index < -0.39 is 28.9 Å². The number of aromatic nitrogens is 4. The van der Waals surface area contributed by atoms with Crippen molar-refractivity contribution in [2.24, 2.45) is 5.41 Å². The van der Waals surface area contributed by atoms with E-state index in [-0.39, 0.29) is 66.3 Å². The molecule has 1 aliphatic rings. The van der Waals surface area contributed by atoms with E-state index in [4.69, 9.17) is 0 Å². The molecule has 4 heterocycles. The average Bonchev–Trinajstić information content (AvgIpc) is 3.36. The first kappa shape index (κ1) is 29.1. The van der Waals surface area contributed by atoms with Crippen LogP contribution in [0, 0.1) is 5.41 Å². The highest BCUT2D eigenvalue weighted by Gasteiger charge is 2.37. The fraction of sp³-hybridized carbons (Fsp3) is 0.357. The number of alkyl halides is 6. The highest BCUT2D eigenvalue weighted by molar-refractivity contribution is 6.01. The third kappa shape index (κ3) is 5.83. The van der Waals surface area contributed by atoms with Crippen LogP contribution >= 0.6 is 0 Å². The lowest BCUT2D eigenvalue weighted by Crippen LogP contribution is -2.47. The maximum Gasteiger partial charge on any atom is 0.419 e. The zero-order valence-corrected chi connectivity index (χ0v) is 22.9. The Bertz CT molecular complexity index is 1620. The maximum absolute atomic E-state index is 13.9. The Morgan fingerprint density at radius 2 is 1.50 bits per heavy atom. The molecular weight excluding hydrogens is 564 g/mol. The molecule has 3 aromatic heterocycles. The number of piperazine rings is 1. The molecule has 1 aliphatic heterocycles. The average molecular weight is 592 g/mol. The number of carbonyl (C=O) groups is 1. The number of anilines is 3. The molecule has 1 saturated heterocycles. The minimum atomic E-state index is -4.68. The molecule has 42 heavy (non-hydrogen) atoms. The second kappa shape index (κ2) is 10.5. The zero-order valence-electron chi connectivity index (χ0n) is 22.9. The van der Waals surface area contributed by atoms with Crippen molar-refractivity contribution in [3.05, 3.63) is 59.9 Å². The van der Waals surface area contributed by atoms with Gasteiger partial charge in [0.25, 0.3) is 0 Å². The highest BCUT2D eigenvalue weighted by Crippen LogP contribution is 2.40. The molecule has 0 aliphatic carbocycles. The third-order valence-corrected chi connectivity index (χ3v) is 6.89. The summed E-state index contributed by atoms with van der Waals surface area (Å²) in [6, 6.07) is 7.23. The van der Waals surface area contributed by atoms with Gasteiger partial charge in [-0.15, -0.1) is 0 Å². The Kier molecular flexibility index (Phi) is 7.27. The standard InChI is InChI=1S/C28H27F6N7O/c1-26(2,3)24(42)39-22-17(6-4-8-35-22)18-14-16(27(29,30)31)15-20-21(18)38-25(37-20)41-12-10-40(11-13-41)23-19(28(32,33)34)7-5-9-36-23/h4-9,14-15H,10-13H2,1-3H3,(H,37,38)(H,35,39,42). The molecule has 0 atom stereocenters. The number of H-pyrrole nitrogens is 1. The Balaban J connectivity index is 1.50. The molecule has 14 heteroatoms. The van der Waals surface area contributed by atoms with Gasteiger partial charge < -0.3 is 20.1 Å². The van der Waals surface area contributed by atoms with Crippen molar-refractivity contribution < 1.29 is 31.1 Å². The molecule has 1 amide bonds. The minimum absolute atomic E-state index is 0.0401. The molecular formula is C28H27F6N7O. The van der Waals surface area contributed by atoms with Gasteiger partial charge in [0.2, 0.25) is 11.9 Å². The number of pyridine rings is 2. The summed E-state index contributed by atoms with van der Waals surface area (Å²) in [6.07, 6.45) is -6.52. The Labute approximate surface area is 236 Å². The number of fused-ring (bicyclic) bond motifs is 1. The van der Waals surface area contributed by atoms with Crippen LogP contribution in [0.4, 0.5) is 43.9 Å². The van der Waals surface area contributed by atoms with Crippen molar-refractivity contribution in [3.63, 3.8) is 0 Å². The molecule has 1 fully saturated rings. The Morgan fingerprint density at radius 1 is 0.857 bits per heavy atom. The van der Waals surface area contributed by atoms with Crippen LogP contribution in [0.5, 0.6) is 0 Å². The second-order valence-electron chi connectivity index (χ2n) is 10.9. The van der Waals surface area contributed by atoms with E-state index in [1.165, 1.54) is 23.4 Å². The molecule has 4 aromatic rings. The zero-order chi connectivity index (χ0) is 30.4. The first-order valence-electron chi connectivity index (χ1n) is 13.0. The van der Waals surface area contributed by atoms with Gasteiger partial charge in [-0.3, -0.25) is 4.79 Å². The van der Waals surface area contributed by atoms with E-state index >= 15 is 0 Å². The monoisotopic (exact) mass is 591 g/mol. The summed E-state index contributed by atoms with van der Waals surface area (Å²) in [7, 11) is 0. The number of imidazole rings is 1. The Morgan fingerprint density at radius 3 is 2.14 bits per heavy atom. The number of nitrogens with zero attached hydrogens (tertiary/aromatic N) is 5. The van der Waals surface area contributed by atoms with Crippen LogP contribution in [-0.2, 0) is 17.1 Å². The van der Waals surface area contributed by atoms with Gasteiger partial charge in [0, 0.05) is 55.1 Å². The van der Waals surface area contributed by atoms with Crippen molar-refractivity contribution in [3.8, 4) is 11.1 Å². The van der Waals surface area contributed by atoms with Crippen molar-refractivity contribution >= 4 is 34.5 Å². The number of carbonyl (C=O) groups excluding carboxylic acids is 1. The topological polar surface area (TPSA) is 90.0 Å². The molecule has 0 bridgehead atoms. The van der Waals surface area contributed by atoms with E-state index in [0.29, 0.717) is 5.52 Å². The van der Waals surface area contributed by atoms with Crippen LogP contribution in [0.3, 0.4) is 0 Å². The normalized spacial score (nSPS) is 14.9. The van der Waals surface area contributed by atoms with Gasteiger partial charge in [-0.2, -0.15) is 26.3 Å². The number of hydrogen-bond acceptors (Lipinski definition) is 6. The summed E-state index contributed by atoms with van der Waals surface area (Å²) in [5, 5.41) is 2.71. The van der Waals surface area contributed by atoms with Gasteiger partial charge in [0.15, 0.2) is 0 Å². The lowest BCUT2D eigenvalue weighted by molar-refractivity contribution is -0.138. The maximum atomic E-state index is 13.9. The van der Waals surface area contributed by atoms with Crippen molar-refractivity contribution in [1.29, 1.82) is 0 Å². The highest BCUT2D eigenvalue weighted by atomic mass is 19.4. The number of benzene rings is 1. The lowest BCUT2D eigenvalue weighted by Gasteiger charge is -2.36. The number of amides is 1. The fourth-order valence-electron chi connectivity index (χ4n) is 4.64. The smallest absolute Gasteiger partial charge is 0.353 e. The van der Waals surface area contributed by atoms with Crippen LogP contribution < -0.4 is 15.1 Å². The number of rotatable bonds is 4. The number of aromatic amines is 1. The summed E-state index contributed by atoms with van der Waals surface area (Å²) < 4.78 is 82.3. The van der Waals surface area contributed by atoms with Gasteiger partial charge in [0.05, 0.1) is 22.2 Å². The fourth-order valence-corrected chi connectivity index (χ4v) is 4.64. The van der Waals surface area contributed by atoms with E-state index in [0.717, 1.165) is 18.2 Å². The number of hydrogen-bond donors (Lipinski definition) is 2. The largest absolute Gasteiger partial charge is 0.419 e. The van der Waals surface area contributed by atoms with E-state index in [9.17, 15) is 31.1 Å². The molecule has 0 unspecified atom stereocenters. The van der Waals surface area contributed by atoms with E-state index in [1.54, 1.807) is 37.8 Å². The quantitative estimate of drug-likeness (QED) is 0.268. The summed E-state index contributed by atoms with van der Waals surface area (Å²) in [5.41, 5.74) is -1.81. The molecule has 1 aromatic carbocycles. The molecule has 0 saturated carbocycles. The lowest BCUT2D eigenvalue weighted by atomic mass is 9.95. The van der Waals surface area contributed by atoms with Gasteiger partial charge >= 0.3 is 12.4 Å².